The Bertz CT molecular complexity index is 82.3. The molecule has 0 aliphatic heterocycles. The van der Waals surface area contributed by atoms with Crippen molar-refractivity contribution in [2.24, 2.45) is 0 Å². The SMILES string of the molecule is CC(=O)OCC(C)O.[Hg]. The molecule has 50 valence electrons. The molecule has 0 rings (SSSR count). The van der Waals surface area contributed by atoms with Crippen LogP contribution in [-0.4, -0.2) is 23.8 Å². The van der Waals surface area contributed by atoms with Gasteiger partial charge in [0.15, 0.2) is 0 Å². The van der Waals surface area contributed by atoms with Gasteiger partial charge in [-0.3, -0.25) is 4.79 Å². The van der Waals surface area contributed by atoms with E-state index in [0.717, 1.165) is 0 Å². The number of carbonyl (C=O) groups is 1. The summed E-state index contributed by atoms with van der Waals surface area (Å²) in [6, 6.07) is 0. The smallest absolute Gasteiger partial charge is 0.302 e. The van der Waals surface area contributed by atoms with E-state index in [9.17, 15) is 4.79 Å². The van der Waals surface area contributed by atoms with E-state index in [0.29, 0.717) is 0 Å². The van der Waals surface area contributed by atoms with Gasteiger partial charge in [-0.25, -0.2) is 0 Å². The summed E-state index contributed by atoms with van der Waals surface area (Å²) in [7, 11) is 0. The predicted molar refractivity (Wildman–Crippen MR) is 28.3 cm³/mol. The number of hydrogen-bond acceptors (Lipinski definition) is 3. The van der Waals surface area contributed by atoms with Crippen LogP contribution < -0.4 is 0 Å². The average Bonchev–Trinajstić information content (AvgIpc) is 1.61. The molecule has 9 heavy (non-hydrogen) atoms. The molecule has 0 radical (unpaired) electrons. The van der Waals surface area contributed by atoms with Crippen LogP contribution in [-0.2, 0) is 37.2 Å². The minimum Gasteiger partial charge on any atom is -0.463 e. The Morgan fingerprint density at radius 2 is 2.22 bits per heavy atom. The topological polar surface area (TPSA) is 46.5 Å². The van der Waals surface area contributed by atoms with Crippen molar-refractivity contribution in [3.8, 4) is 0 Å². The number of aliphatic hydroxyl groups excluding tert-OH is 1. The van der Waals surface area contributed by atoms with Crippen molar-refractivity contribution >= 4 is 5.97 Å². The van der Waals surface area contributed by atoms with Crippen LogP contribution in [0.15, 0.2) is 0 Å². The monoisotopic (exact) mass is 320 g/mol. The van der Waals surface area contributed by atoms with E-state index >= 15 is 0 Å². The summed E-state index contributed by atoms with van der Waals surface area (Å²) in [6.45, 7) is 2.96. The van der Waals surface area contributed by atoms with E-state index in [1.165, 1.54) is 6.92 Å². The zero-order valence-corrected chi connectivity index (χ0v) is 11.3. The molecule has 0 bridgehead atoms. The second-order valence-electron chi connectivity index (χ2n) is 1.65. The minimum absolute atomic E-state index is 0. The number of ether oxygens (including phenoxy) is 1. The summed E-state index contributed by atoms with van der Waals surface area (Å²) in [6.07, 6.45) is -0.557. The molecule has 0 aromatic heterocycles. The van der Waals surface area contributed by atoms with Gasteiger partial charge in [-0.2, -0.15) is 0 Å². The molecule has 0 aliphatic rings. The van der Waals surface area contributed by atoms with Crippen LogP contribution in [0.1, 0.15) is 13.8 Å². The van der Waals surface area contributed by atoms with Crippen molar-refractivity contribution in [3.05, 3.63) is 0 Å². The van der Waals surface area contributed by atoms with Crippen LogP contribution in [0.4, 0.5) is 0 Å². The Hall–Kier alpha value is 0.365. The van der Waals surface area contributed by atoms with E-state index < -0.39 is 6.10 Å². The van der Waals surface area contributed by atoms with Gasteiger partial charge in [0.05, 0.1) is 6.10 Å². The molecule has 0 amide bonds. The zero-order valence-electron chi connectivity index (χ0n) is 5.76. The number of esters is 1. The zero-order chi connectivity index (χ0) is 6.57. The number of carbonyl (C=O) groups excluding carboxylic acids is 1. The average molecular weight is 319 g/mol. The first kappa shape index (κ1) is 12.1. The molecule has 0 spiro atoms. The van der Waals surface area contributed by atoms with Crippen molar-refractivity contribution in [3.63, 3.8) is 0 Å². The largest absolute Gasteiger partial charge is 0.463 e. The molecule has 0 heterocycles. The third-order valence-electron chi connectivity index (χ3n) is 0.528. The normalized spacial score (nSPS) is 11.4. The van der Waals surface area contributed by atoms with Gasteiger partial charge >= 0.3 is 5.97 Å². The summed E-state index contributed by atoms with van der Waals surface area (Å²) >= 11 is 0. The quantitative estimate of drug-likeness (QED) is 0.573. The van der Waals surface area contributed by atoms with Crippen molar-refractivity contribution < 1.29 is 42.3 Å². The molecule has 0 aromatic carbocycles. The van der Waals surface area contributed by atoms with Crippen LogP contribution in [0, 0.1) is 0 Å². The Morgan fingerprint density at radius 1 is 1.78 bits per heavy atom. The third kappa shape index (κ3) is 11.8. The Kier molecular flexibility index (Phi) is 8.70. The molecule has 0 saturated carbocycles. The molecule has 0 aliphatic carbocycles. The Labute approximate surface area is 74.9 Å². The van der Waals surface area contributed by atoms with E-state index in [4.69, 9.17) is 5.11 Å². The first-order chi connectivity index (χ1) is 3.63. The van der Waals surface area contributed by atoms with Gasteiger partial charge in [-0.1, -0.05) is 0 Å². The molecule has 3 nitrogen and oxygen atoms in total. The molecule has 4 heteroatoms. The minimum atomic E-state index is -0.557. The fraction of sp³-hybridized carbons (Fsp3) is 0.800. The molecule has 0 aromatic rings. The maximum Gasteiger partial charge on any atom is 0.302 e. The number of rotatable bonds is 2. The maximum atomic E-state index is 10.0. The van der Waals surface area contributed by atoms with Gasteiger partial charge in [-0.15, -0.1) is 0 Å². The molecule has 1 N–H and O–H groups in total. The van der Waals surface area contributed by atoms with Crippen LogP contribution in [0.2, 0.25) is 0 Å². The second-order valence-corrected chi connectivity index (χ2v) is 1.65. The summed E-state index contributed by atoms with van der Waals surface area (Å²) in [5, 5.41) is 8.52. The van der Waals surface area contributed by atoms with Gasteiger partial charge in [0.2, 0.25) is 0 Å². The number of aliphatic hydroxyl groups is 1. The van der Waals surface area contributed by atoms with Crippen molar-refractivity contribution in [1.82, 2.24) is 0 Å². The Morgan fingerprint density at radius 3 is 2.33 bits per heavy atom. The van der Waals surface area contributed by atoms with E-state index in [2.05, 4.69) is 4.74 Å². The predicted octanol–water partition coefficient (Wildman–Crippen LogP) is -0.0722. The molecule has 0 saturated heterocycles. The van der Waals surface area contributed by atoms with Crippen LogP contribution in [0.25, 0.3) is 0 Å². The van der Waals surface area contributed by atoms with Gasteiger partial charge in [-0.05, 0) is 6.92 Å². The van der Waals surface area contributed by atoms with Crippen molar-refractivity contribution in [1.29, 1.82) is 0 Å². The Balaban J connectivity index is 0. The standard InChI is InChI=1S/C5H10O3.Hg/c1-4(6)3-8-5(2)7;/h4,6H,3H2,1-2H3;. The first-order valence-corrected chi connectivity index (χ1v) is 2.44. The van der Waals surface area contributed by atoms with E-state index in [-0.39, 0.29) is 40.2 Å². The fourth-order valence-corrected chi connectivity index (χ4v) is 0.238. The second kappa shape index (κ2) is 6.48. The molecule has 0 fully saturated rings. The summed E-state index contributed by atoms with van der Waals surface area (Å²) in [4.78, 5) is 10.0. The molecule has 1 unspecified atom stereocenters. The fourth-order valence-electron chi connectivity index (χ4n) is 0.238. The first-order valence-electron chi connectivity index (χ1n) is 2.44. The van der Waals surface area contributed by atoms with E-state index in [1.54, 1.807) is 6.92 Å². The van der Waals surface area contributed by atoms with Gasteiger partial charge in [0.1, 0.15) is 6.61 Å². The van der Waals surface area contributed by atoms with Gasteiger partial charge in [0, 0.05) is 34.6 Å². The maximum absolute atomic E-state index is 10.0. The molecular formula is C5H10HgO3. The summed E-state index contributed by atoms with van der Waals surface area (Å²) in [5.41, 5.74) is 0. The van der Waals surface area contributed by atoms with E-state index in [1.807, 2.05) is 0 Å². The summed E-state index contributed by atoms with van der Waals surface area (Å²) in [5.74, 6) is -0.356. The molecular weight excluding hydrogens is 309 g/mol. The van der Waals surface area contributed by atoms with Gasteiger partial charge in [0.25, 0.3) is 0 Å². The molecule has 1 atom stereocenters. The van der Waals surface area contributed by atoms with Crippen LogP contribution in [0.3, 0.4) is 0 Å². The number of hydrogen-bond donors (Lipinski definition) is 1. The third-order valence-corrected chi connectivity index (χ3v) is 0.528. The van der Waals surface area contributed by atoms with Crippen molar-refractivity contribution in [2.45, 2.75) is 20.0 Å². The van der Waals surface area contributed by atoms with Crippen LogP contribution in [0.5, 0.6) is 0 Å². The van der Waals surface area contributed by atoms with Crippen LogP contribution >= 0.6 is 0 Å². The van der Waals surface area contributed by atoms with Crippen molar-refractivity contribution in [2.75, 3.05) is 6.61 Å². The van der Waals surface area contributed by atoms with Gasteiger partial charge < -0.3 is 9.84 Å². The summed E-state index contributed by atoms with van der Waals surface area (Å²) < 4.78 is 4.41.